The van der Waals surface area contributed by atoms with Gasteiger partial charge in [0, 0.05) is 5.92 Å². The highest BCUT2D eigenvalue weighted by atomic mass is 19.4. The fraction of sp³-hybridized carbons (Fsp3) is 0.833. The average molecular weight is 250 g/mol. The molecule has 2 aliphatic rings. The highest BCUT2D eigenvalue weighted by Gasteiger charge is 2.70. The maximum atomic E-state index is 13.0. The summed E-state index contributed by atoms with van der Waals surface area (Å²) in [5.74, 6) is -4.06. The molecule has 1 heterocycles. The Balaban J connectivity index is 2.45. The number of alkyl halides is 3. The average Bonchev–Trinajstić information content (AvgIpc) is 2.45. The van der Waals surface area contributed by atoms with Crippen molar-refractivity contribution in [3.05, 3.63) is 11.6 Å². The first-order chi connectivity index (χ1) is 7.62. The molecule has 2 rings (SSSR count). The second-order valence-electron chi connectivity index (χ2n) is 5.42. The molecule has 0 spiro atoms. The summed E-state index contributed by atoms with van der Waals surface area (Å²) in [4.78, 5) is 0. The second kappa shape index (κ2) is 3.48. The van der Waals surface area contributed by atoms with E-state index in [0.29, 0.717) is 12.0 Å². The number of hydrogen-bond donors (Lipinski definition) is 1. The summed E-state index contributed by atoms with van der Waals surface area (Å²) in [7, 11) is 0. The van der Waals surface area contributed by atoms with E-state index in [1.54, 1.807) is 13.0 Å². The van der Waals surface area contributed by atoms with Crippen LogP contribution >= 0.6 is 0 Å². The van der Waals surface area contributed by atoms with Crippen molar-refractivity contribution in [3.63, 3.8) is 0 Å². The molecule has 98 valence electrons. The van der Waals surface area contributed by atoms with Gasteiger partial charge in [-0.3, -0.25) is 0 Å². The summed E-state index contributed by atoms with van der Waals surface area (Å²) in [6, 6.07) is 0. The molecular formula is C12H17F3O2. The lowest BCUT2D eigenvalue weighted by molar-refractivity contribution is -0.379. The zero-order chi connectivity index (χ0) is 13.1. The highest BCUT2D eigenvalue weighted by Crippen LogP contribution is 2.57. The second-order valence-corrected chi connectivity index (χ2v) is 5.42. The number of halogens is 3. The third-order valence-corrected chi connectivity index (χ3v) is 4.16. The largest absolute Gasteiger partial charge is 0.443 e. The Hall–Kier alpha value is -0.550. The lowest BCUT2D eigenvalue weighted by Gasteiger charge is -2.35. The highest BCUT2D eigenvalue weighted by molar-refractivity contribution is 5.22. The van der Waals surface area contributed by atoms with Gasteiger partial charge >= 0.3 is 6.18 Å². The molecule has 1 fully saturated rings. The fourth-order valence-electron chi connectivity index (χ4n) is 2.82. The third kappa shape index (κ3) is 1.63. The minimum Gasteiger partial charge on any atom is -0.358 e. The molecule has 0 aromatic rings. The van der Waals surface area contributed by atoms with Gasteiger partial charge in [0.2, 0.25) is 0 Å². The van der Waals surface area contributed by atoms with Crippen LogP contribution in [0.2, 0.25) is 0 Å². The zero-order valence-electron chi connectivity index (χ0n) is 10.1. The first kappa shape index (κ1) is 12.9. The van der Waals surface area contributed by atoms with Crippen molar-refractivity contribution in [3.8, 4) is 0 Å². The summed E-state index contributed by atoms with van der Waals surface area (Å²) in [5, 5.41) is 9.89. The number of hydrogen-bond acceptors (Lipinski definition) is 2. The van der Waals surface area contributed by atoms with Crippen molar-refractivity contribution in [2.24, 2.45) is 11.8 Å². The van der Waals surface area contributed by atoms with E-state index < -0.39 is 23.5 Å². The molecule has 1 aliphatic carbocycles. The summed E-state index contributed by atoms with van der Waals surface area (Å²) >= 11 is 0. The molecule has 0 amide bonds. The molecule has 2 bridgehead atoms. The lowest BCUT2D eigenvalue weighted by atomic mass is 9.74. The van der Waals surface area contributed by atoms with Crippen molar-refractivity contribution in [1.82, 2.24) is 0 Å². The standard InChI is InChI=1S/C12H17F3O2/c1-7(2)10-5-4-8(3)9(6-10)11(16,17-10)12(13,14)15/h4,7,9,16H,5-6H2,1-3H3/t9-,10-,11?/m1/s1. The van der Waals surface area contributed by atoms with Crippen LogP contribution in [-0.2, 0) is 4.74 Å². The summed E-state index contributed by atoms with van der Waals surface area (Å²) in [6.07, 6.45) is -2.32. The van der Waals surface area contributed by atoms with E-state index in [2.05, 4.69) is 0 Å². The molecule has 1 N–H and O–H groups in total. The van der Waals surface area contributed by atoms with Crippen LogP contribution in [0.25, 0.3) is 0 Å². The smallest absolute Gasteiger partial charge is 0.358 e. The van der Waals surface area contributed by atoms with Gasteiger partial charge in [0.1, 0.15) is 0 Å². The van der Waals surface area contributed by atoms with E-state index in [1.807, 2.05) is 13.8 Å². The van der Waals surface area contributed by atoms with Gasteiger partial charge in [-0.1, -0.05) is 25.5 Å². The number of aliphatic hydroxyl groups is 1. The zero-order valence-corrected chi connectivity index (χ0v) is 10.1. The van der Waals surface area contributed by atoms with Gasteiger partial charge in [-0.05, 0) is 25.7 Å². The summed E-state index contributed by atoms with van der Waals surface area (Å²) in [5.41, 5.74) is -0.312. The summed E-state index contributed by atoms with van der Waals surface area (Å²) in [6.45, 7) is 5.28. The van der Waals surface area contributed by atoms with Crippen molar-refractivity contribution < 1.29 is 23.0 Å². The van der Waals surface area contributed by atoms with Crippen molar-refractivity contribution >= 4 is 0 Å². The van der Waals surface area contributed by atoms with Crippen LogP contribution in [-0.4, -0.2) is 22.7 Å². The predicted octanol–water partition coefficient (Wildman–Crippen LogP) is 3.02. The Kier molecular flexibility index (Phi) is 2.64. The maximum Gasteiger partial charge on any atom is 0.443 e. The van der Waals surface area contributed by atoms with Crippen LogP contribution in [0, 0.1) is 11.8 Å². The molecule has 0 radical (unpaired) electrons. The molecule has 0 aromatic carbocycles. The van der Waals surface area contributed by atoms with Crippen LogP contribution in [0.5, 0.6) is 0 Å². The van der Waals surface area contributed by atoms with E-state index in [-0.39, 0.29) is 12.3 Å². The van der Waals surface area contributed by atoms with E-state index in [4.69, 9.17) is 4.74 Å². The van der Waals surface area contributed by atoms with Gasteiger partial charge < -0.3 is 9.84 Å². The molecule has 1 saturated heterocycles. The minimum atomic E-state index is -4.76. The first-order valence-electron chi connectivity index (χ1n) is 5.78. The van der Waals surface area contributed by atoms with Crippen LogP contribution in [0.4, 0.5) is 13.2 Å². The third-order valence-electron chi connectivity index (χ3n) is 4.16. The number of rotatable bonds is 1. The maximum absolute atomic E-state index is 13.0. The predicted molar refractivity (Wildman–Crippen MR) is 56.1 cm³/mol. The Bertz CT molecular complexity index is 361. The van der Waals surface area contributed by atoms with Gasteiger partial charge in [0.15, 0.2) is 0 Å². The van der Waals surface area contributed by atoms with Crippen LogP contribution in [0.1, 0.15) is 33.6 Å². The van der Waals surface area contributed by atoms with Gasteiger partial charge in [0.05, 0.1) is 5.60 Å². The van der Waals surface area contributed by atoms with Gasteiger partial charge in [0.25, 0.3) is 5.79 Å². The fourth-order valence-corrected chi connectivity index (χ4v) is 2.82. The molecule has 0 saturated carbocycles. The van der Waals surface area contributed by atoms with Crippen molar-refractivity contribution in [1.29, 1.82) is 0 Å². The van der Waals surface area contributed by atoms with Crippen molar-refractivity contribution in [2.75, 3.05) is 0 Å². The first-order valence-corrected chi connectivity index (χ1v) is 5.78. The normalized spacial score (nSPS) is 41.9. The quantitative estimate of drug-likeness (QED) is 0.725. The van der Waals surface area contributed by atoms with E-state index in [0.717, 1.165) is 0 Å². The van der Waals surface area contributed by atoms with E-state index in [1.165, 1.54) is 0 Å². The van der Waals surface area contributed by atoms with E-state index >= 15 is 0 Å². The van der Waals surface area contributed by atoms with Gasteiger partial charge in [-0.25, -0.2) is 0 Å². The Morgan fingerprint density at radius 3 is 2.53 bits per heavy atom. The molecular weight excluding hydrogens is 233 g/mol. The topological polar surface area (TPSA) is 29.5 Å². The Morgan fingerprint density at radius 2 is 2.06 bits per heavy atom. The minimum absolute atomic E-state index is 0.0641. The van der Waals surface area contributed by atoms with Crippen LogP contribution < -0.4 is 0 Å². The summed E-state index contributed by atoms with van der Waals surface area (Å²) < 4.78 is 44.1. The molecule has 2 nitrogen and oxygen atoms in total. The number of ether oxygens (including phenoxy) is 1. The number of fused-ring (bicyclic) bond motifs is 2. The molecule has 0 aromatic heterocycles. The molecule has 1 unspecified atom stereocenters. The molecule has 3 atom stereocenters. The molecule has 17 heavy (non-hydrogen) atoms. The van der Waals surface area contributed by atoms with Crippen molar-refractivity contribution in [2.45, 2.75) is 51.2 Å². The lowest BCUT2D eigenvalue weighted by Crippen LogP contribution is -2.51. The van der Waals surface area contributed by atoms with Crippen LogP contribution in [0.3, 0.4) is 0 Å². The Morgan fingerprint density at radius 1 is 1.47 bits per heavy atom. The van der Waals surface area contributed by atoms with Crippen LogP contribution in [0.15, 0.2) is 11.6 Å². The monoisotopic (exact) mass is 250 g/mol. The van der Waals surface area contributed by atoms with Gasteiger partial charge in [-0.15, -0.1) is 0 Å². The molecule has 1 aliphatic heterocycles. The molecule has 5 heteroatoms. The SMILES string of the molecule is CC1=CC[C@]2(C(C)C)C[C@H]1C(O)(C(F)(F)F)O2. The van der Waals surface area contributed by atoms with Gasteiger partial charge in [-0.2, -0.15) is 13.2 Å². The van der Waals surface area contributed by atoms with E-state index in [9.17, 15) is 18.3 Å². The Labute approximate surface area is 98.5 Å².